The Hall–Kier alpha value is -2.36. The molecule has 0 heterocycles. The monoisotopic (exact) mass is 273 g/mol. The maximum Gasteiger partial charge on any atom is 0.251 e. The summed E-state index contributed by atoms with van der Waals surface area (Å²) in [6, 6.07) is 11.0. The van der Waals surface area contributed by atoms with Gasteiger partial charge in [-0.1, -0.05) is 18.2 Å². The van der Waals surface area contributed by atoms with Crippen molar-refractivity contribution in [2.24, 2.45) is 0 Å². The van der Waals surface area contributed by atoms with Crippen LogP contribution in [0.1, 0.15) is 21.5 Å². The zero-order valence-corrected chi connectivity index (χ0v) is 11.2. The van der Waals surface area contributed by atoms with Crippen LogP contribution in [0.2, 0.25) is 0 Å². The number of amides is 1. The van der Waals surface area contributed by atoms with Gasteiger partial charge in [0.05, 0.1) is 0 Å². The van der Waals surface area contributed by atoms with Gasteiger partial charge in [0.1, 0.15) is 11.6 Å². The van der Waals surface area contributed by atoms with E-state index in [9.17, 15) is 14.3 Å². The van der Waals surface area contributed by atoms with Crippen molar-refractivity contribution in [2.45, 2.75) is 13.3 Å². The minimum Gasteiger partial charge on any atom is -0.508 e. The molecule has 2 rings (SSSR count). The van der Waals surface area contributed by atoms with E-state index in [1.165, 1.54) is 12.1 Å². The standard InChI is InChI=1S/C16H16FNO2/c1-11-14(3-2-4-15(11)19)16(20)18-10-9-12-5-7-13(17)8-6-12/h2-8,19H,9-10H2,1H3,(H,18,20). The van der Waals surface area contributed by atoms with Crippen molar-refractivity contribution < 1.29 is 14.3 Å². The van der Waals surface area contributed by atoms with Crippen LogP contribution in [0.25, 0.3) is 0 Å². The number of carbonyl (C=O) groups excluding carboxylic acids is 1. The third kappa shape index (κ3) is 3.35. The molecule has 0 atom stereocenters. The van der Waals surface area contributed by atoms with E-state index in [2.05, 4.69) is 5.32 Å². The van der Waals surface area contributed by atoms with Crippen molar-refractivity contribution in [1.82, 2.24) is 5.32 Å². The highest BCUT2D eigenvalue weighted by Crippen LogP contribution is 2.19. The summed E-state index contributed by atoms with van der Waals surface area (Å²) in [5.41, 5.74) is 1.98. The summed E-state index contributed by atoms with van der Waals surface area (Å²) < 4.78 is 12.7. The molecule has 2 aromatic carbocycles. The van der Waals surface area contributed by atoms with E-state index in [4.69, 9.17) is 0 Å². The SMILES string of the molecule is Cc1c(O)cccc1C(=O)NCCc1ccc(F)cc1. The Labute approximate surface area is 117 Å². The van der Waals surface area contributed by atoms with Crippen molar-refractivity contribution in [2.75, 3.05) is 6.54 Å². The van der Waals surface area contributed by atoms with Crippen molar-refractivity contribution in [3.63, 3.8) is 0 Å². The van der Waals surface area contributed by atoms with E-state index in [1.807, 2.05) is 0 Å². The fourth-order valence-corrected chi connectivity index (χ4v) is 1.94. The maximum atomic E-state index is 12.7. The third-order valence-electron chi connectivity index (χ3n) is 3.16. The molecule has 0 spiro atoms. The fraction of sp³-hybridized carbons (Fsp3) is 0.188. The summed E-state index contributed by atoms with van der Waals surface area (Å²) in [7, 11) is 0. The second kappa shape index (κ2) is 6.19. The van der Waals surface area contributed by atoms with Crippen molar-refractivity contribution in [3.05, 3.63) is 65.0 Å². The molecular formula is C16H16FNO2. The molecule has 0 saturated heterocycles. The molecule has 2 aromatic rings. The van der Waals surface area contributed by atoms with Crippen molar-refractivity contribution in [3.8, 4) is 5.75 Å². The van der Waals surface area contributed by atoms with Gasteiger partial charge in [-0.2, -0.15) is 0 Å². The highest BCUT2D eigenvalue weighted by molar-refractivity contribution is 5.96. The van der Waals surface area contributed by atoms with Crippen LogP contribution < -0.4 is 5.32 Å². The van der Waals surface area contributed by atoms with Crippen molar-refractivity contribution in [1.29, 1.82) is 0 Å². The van der Waals surface area contributed by atoms with Crippen LogP contribution in [0.4, 0.5) is 4.39 Å². The molecule has 0 aliphatic heterocycles. The summed E-state index contributed by atoms with van der Waals surface area (Å²) in [6.45, 7) is 2.16. The number of halogens is 1. The number of benzene rings is 2. The van der Waals surface area contributed by atoms with Gasteiger partial charge in [0.2, 0.25) is 0 Å². The van der Waals surface area contributed by atoms with E-state index >= 15 is 0 Å². The average molecular weight is 273 g/mol. The lowest BCUT2D eigenvalue weighted by atomic mass is 10.1. The normalized spacial score (nSPS) is 10.3. The quantitative estimate of drug-likeness (QED) is 0.900. The lowest BCUT2D eigenvalue weighted by Gasteiger charge is -2.08. The lowest BCUT2D eigenvalue weighted by Crippen LogP contribution is -2.26. The molecule has 20 heavy (non-hydrogen) atoms. The summed E-state index contributed by atoms with van der Waals surface area (Å²) in [6.07, 6.45) is 0.629. The number of phenolic OH excluding ortho intramolecular Hbond substituents is 1. The first-order valence-electron chi connectivity index (χ1n) is 6.39. The summed E-state index contributed by atoms with van der Waals surface area (Å²) in [4.78, 5) is 12.0. The van der Waals surface area contributed by atoms with Crippen LogP contribution in [0, 0.1) is 12.7 Å². The lowest BCUT2D eigenvalue weighted by molar-refractivity contribution is 0.0953. The first kappa shape index (κ1) is 14.1. The zero-order chi connectivity index (χ0) is 14.5. The van der Waals surface area contributed by atoms with Gasteiger partial charge in [-0.3, -0.25) is 4.79 Å². The average Bonchev–Trinajstić information content (AvgIpc) is 2.44. The molecule has 1 amide bonds. The van der Waals surface area contributed by atoms with Crippen LogP contribution in [-0.2, 0) is 6.42 Å². The Morgan fingerprint density at radius 2 is 1.90 bits per heavy atom. The van der Waals surface area contributed by atoms with Gasteiger partial charge in [0.25, 0.3) is 5.91 Å². The van der Waals surface area contributed by atoms with Gasteiger partial charge in [-0.15, -0.1) is 0 Å². The summed E-state index contributed by atoms with van der Waals surface area (Å²) >= 11 is 0. The van der Waals surface area contributed by atoms with Gasteiger partial charge in [0, 0.05) is 17.7 Å². The highest BCUT2D eigenvalue weighted by atomic mass is 19.1. The molecule has 0 saturated carbocycles. The molecule has 0 unspecified atom stereocenters. The van der Waals surface area contributed by atoms with Crippen LogP contribution in [0.3, 0.4) is 0 Å². The fourth-order valence-electron chi connectivity index (χ4n) is 1.94. The van der Waals surface area contributed by atoms with Crippen LogP contribution in [-0.4, -0.2) is 17.6 Å². The topological polar surface area (TPSA) is 49.3 Å². The molecule has 4 heteroatoms. The number of aromatic hydroxyl groups is 1. The zero-order valence-electron chi connectivity index (χ0n) is 11.2. The third-order valence-corrected chi connectivity index (χ3v) is 3.16. The molecule has 0 bridgehead atoms. The number of hydrogen-bond donors (Lipinski definition) is 2. The molecule has 0 radical (unpaired) electrons. The van der Waals surface area contributed by atoms with Crippen LogP contribution >= 0.6 is 0 Å². The Morgan fingerprint density at radius 1 is 1.20 bits per heavy atom. The summed E-state index contributed by atoms with van der Waals surface area (Å²) in [5.74, 6) is -0.384. The van der Waals surface area contributed by atoms with E-state index in [0.29, 0.717) is 24.1 Å². The van der Waals surface area contributed by atoms with Gasteiger partial charge >= 0.3 is 0 Å². The van der Waals surface area contributed by atoms with Crippen LogP contribution in [0.15, 0.2) is 42.5 Å². The van der Waals surface area contributed by atoms with Crippen LogP contribution in [0.5, 0.6) is 5.75 Å². The van der Waals surface area contributed by atoms with E-state index < -0.39 is 0 Å². The smallest absolute Gasteiger partial charge is 0.251 e. The maximum absolute atomic E-state index is 12.7. The Morgan fingerprint density at radius 3 is 2.60 bits per heavy atom. The molecule has 0 aromatic heterocycles. The van der Waals surface area contributed by atoms with E-state index in [-0.39, 0.29) is 17.5 Å². The molecule has 0 fully saturated rings. The number of carbonyl (C=O) groups is 1. The largest absolute Gasteiger partial charge is 0.508 e. The van der Waals surface area contributed by atoms with E-state index in [0.717, 1.165) is 5.56 Å². The summed E-state index contributed by atoms with van der Waals surface area (Å²) in [5, 5.41) is 12.3. The molecule has 0 aliphatic carbocycles. The second-order valence-corrected chi connectivity index (χ2v) is 4.58. The number of rotatable bonds is 4. The minimum atomic E-state index is -0.270. The van der Waals surface area contributed by atoms with Gasteiger partial charge in [-0.25, -0.2) is 4.39 Å². The Bertz CT molecular complexity index is 608. The number of hydrogen-bond acceptors (Lipinski definition) is 2. The molecular weight excluding hydrogens is 257 g/mol. The first-order chi connectivity index (χ1) is 9.58. The van der Waals surface area contributed by atoms with E-state index in [1.54, 1.807) is 37.3 Å². The molecule has 0 aliphatic rings. The number of nitrogens with one attached hydrogen (secondary N) is 1. The molecule has 2 N–H and O–H groups in total. The van der Waals surface area contributed by atoms with Gasteiger partial charge < -0.3 is 10.4 Å². The van der Waals surface area contributed by atoms with Gasteiger partial charge in [-0.05, 0) is 43.2 Å². The first-order valence-corrected chi connectivity index (χ1v) is 6.39. The Balaban J connectivity index is 1.92. The molecule has 3 nitrogen and oxygen atoms in total. The second-order valence-electron chi connectivity index (χ2n) is 4.58. The van der Waals surface area contributed by atoms with Crippen molar-refractivity contribution >= 4 is 5.91 Å². The number of phenols is 1. The Kier molecular flexibility index (Phi) is 4.35. The predicted octanol–water partition coefficient (Wildman–Crippen LogP) is 2.81. The predicted molar refractivity (Wildman–Crippen MR) is 75.3 cm³/mol. The molecule has 104 valence electrons. The van der Waals surface area contributed by atoms with Gasteiger partial charge in [0.15, 0.2) is 0 Å². The highest BCUT2D eigenvalue weighted by Gasteiger charge is 2.10. The minimum absolute atomic E-state index is 0.108.